The number of nitrogens with one attached hydrogen (secondary N) is 1. The van der Waals surface area contributed by atoms with Crippen molar-refractivity contribution in [2.24, 2.45) is 0 Å². The van der Waals surface area contributed by atoms with Gasteiger partial charge in [-0.15, -0.1) is 11.3 Å². The van der Waals surface area contributed by atoms with E-state index in [4.69, 9.17) is 4.52 Å². The van der Waals surface area contributed by atoms with Gasteiger partial charge in [0.1, 0.15) is 4.88 Å². The zero-order valence-corrected chi connectivity index (χ0v) is 13.4. The molecule has 106 valence electrons. The first-order chi connectivity index (χ1) is 10.1. The predicted molar refractivity (Wildman–Crippen MR) is 84.4 cm³/mol. The van der Waals surface area contributed by atoms with Crippen LogP contribution in [0.2, 0.25) is 0 Å². The lowest BCUT2D eigenvalue weighted by Gasteiger charge is -2.06. The van der Waals surface area contributed by atoms with E-state index >= 15 is 0 Å². The van der Waals surface area contributed by atoms with Crippen molar-refractivity contribution in [2.45, 2.75) is 6.92 Å². The molecule has 0 fully saturated rings. The van der Waals surface area contributed by atoms with Gasteiger partial charge in [0.05, 0.1) is 11.3 Å². The lowest BCUT2D eigenvalue weighted by molar-refractivity contribution is 0.102. The summed E-state index contributed by atoms with van der Waals surface area (Å²) in [6, 6.07) is 9.06. The van der Waals surface area contributed by atoms with Crippen LogP contribution < -0.4 is 5.32 Å². The summed E-state index contributed by atoms with van der Waals surface area (Å²) in [7, 11) is 0. The van der Waals surface area contributed by atoms with Crippen LogP contribution in [-0.4, -0.2) is 16.0 Å². The van der Waals surface area contributed by atoms with Crippen LogP contribution in [0.4, 0.5) is 5.69 Å². The Morgan fingerprint density at radius 2 is 2.14 bits per heavy atom. The number of carbonyl (C=O) groups excluding carboxylic acids is 1. The zero-order chi connectivity index (χ0) is 14.8. The summed E-state index contributed by atoms with van der Waals surface area (Å²) < 4.78 is 5.89. The summed E-state index contributed by atoms with van der Waals surface area (Å²) in [5.41, 5.74) is 1.22. The van der Waals surface area contributed by atoms with Crippen molar-refractivity contribution in [1.29, 1.82) is 0 Å². The predicted octanol–water partition coefficient (Wildman–Crippen LogP) is 4.12. The lowest BCUT2D eigenvalue weighted by atomic mass is 10.2. The molecule has 2 heterocycles. The molecule has 0 radical (unpaired) electrons. The normalized spacial score (nSPS) is 10.6. The molecule has 2 aromatic heterocycles. The quantitative estimate of drug-likeness (QED) is 0.759. The number of thiophene rings is 1. The van der Waals surface area contributed by atoms with Crippen molar-refractivity contribution in [1.82, 2.24) is 10.1 Å². The molecule has 0 unspecified atom stereocenters. The number of aromatic nitrogens is 2. The van der Waals surface area contributed by atoms with Gasteiger partial charge in [0.2, 0.25) is 0 Å². The molecule has 1 N–H and O–H groups in total. The molecule has 1 amide bonds. The first kappa shape index (κ1) is 14.0. The number of benzene rings is 1. The van der Waals surface area contributed by atoms with E-state index in [1.165, 1.54) is 11.3 Å². The van der Waals surface area contributed by atoms with E-state index in [1.54, 1.807) is 13.0 Å². The highest BCUT2D eigenvalue weighted by molar-refractivity contribution is 9.10. The fourth-order valence-corrected chi connectivity index (χ4v) is 3.03. The van der Waals surface area contributed by atoms with Crippen molar-refractivity contribution in [2.75, 3.05) is 5.32 Å². The molecule has 0 aliphatic heterocycles. The maximum absolute atomic E-state index is 12.3. The van der Waals surface area contributed by atoms with E-state index in [2.05, 4.69) is 31.4 Å². The minimum atomic E-state index is -0.196. The third-order valence-corrected chi connectivity index (χ3v) is 4.35. The highest BCUT2D eigenvalue weighted by Crippen LogP contribution is 2.33. The smallest absolute Gasteiger partial charge is 0.270 e. The average Bonchev–Trinajstić information content (AvgIpc) is 3.08. The topological polar surface area (TPSA) is 68.0 Å². The Labute approximate surface area is 133 Å². The molecule has 3 rings (SSSR count). The summed E-state index contributed by atoms with van der Waals surface area (Å²) in [6.45, 7) is 1.75. The fourth-order valence-electron chi connectivity index (χ4n) is 1.80. The van der Waals surface area contributed by atoms with Crippen molar-refractivity contribution in [3.63, 3.8) is 0 Å². The number of hydrogen-bond donors (Lipinski definition) is 1. The number of carbonyl (C=O) groups is 1. The van der Waals surface area contributed by atoms with Crippen LogP contribution in [0, 0.1) is 6.92 Å². The third-order valence-electron chi connectivity index (χ3n) is 2.75. The molecule has 0 aliphatic carbocycles. The number of anilines is 1. The number of halogens is 1. The average molecular weight is 364 g/mol. The number of hydrogen-bond acceptors (Lipinski definition) is 5. The number of amides is 1. The lowest BCUT2D eigenvalue weighted by Crippen LogP contribution is -2.12. The second kappa shape index (κ2) is 5.79. The van der Waals surface area contributed by atoms with Crippen LogP contribution in [0.1, 0.15) is 16.2 Å². The van der Waals surface area contributed by atoms with Crippen molar-refractivity contribution >= 4 is 38.9 Å². The SMILES string of the molecule is Cc1noc(-c2sccc2NC(=O)c2ccccc2Br)n1. The summed E-state index contributed by atoms with van der Waals surface area (Å²) >= 11 is 4.80. The fraction of sp³-hybridized carbons (Fsp3) is 0.0714. The summed E-state index contributed by atoms with van der Waals surface area (Å²) in [4.78, 5) is 17.2. The Bertz CT molecular complexity index is 797. The van der Waals surface area contributed by atoms with Crippen molar-refractivity contribution in [3.8, 4) is 10.8 Å². The summed E-state index contributed by atoms with van der Waals surface area (Å²) in [6.07, 6.45) is 0. The minimum absolute atomic E-state index is 0.196. The van der Waals surface area contributed by atoms with Crippen LogP contribution in [0.5, 0.6) is 0 Å². The molecular formula is C14H10BrN3O2S. The molecule has 21 heavy (non-hydrogen) atoms. The van der Waals surface area contributed by atoms with E-state index in [0.717, 1.165) is 9.35 Å². The third kappa shape index (κ3) is 2.88. The van der Waals surface area contributed by atoms with Crippen LogP contribution >= 0.6 is 27.3 Å². The molecule has 0 spiro atoms. The Morgan fingerprint density at radius 1 is 1.33 bits per heavy atom. The second-order valence-corrected chi connectivity index (χ2v) is 6.01. The Balaban J connectivity index is 1.88. The van der Waals surface area contributed by atoms with Crippen LogP contribution in [-0.2, 0) is 0 Å². The molecule has 0 saturated heterocycles. The second-order valence-electron chi connectivity index (χ2n) is 4.24. The Kier molecular flexibility index (Phi) is 3.85. The molecule has 5 nitrogen and oxygen atoms in total. The number of rotatable bonds is 3. The molecule has 0 saturated carbocycles. The monoisotopic (exact) mass is 363 g/mol. The first-order valence-electron chi connectivity index (χ1n) is 6.09. The molecule has 7 heteroatoms. The van der Waals surface area contributed by atoms with E-state index in [-0.39, 0.29) is 5.91 Å². The molecule has 0 bridgehead atoms. The van der Waals surface area contributed by atoms with Gasteiger partial charge in [-0.3, -0.25) is 4.79 Å². The van der Waals surface area contributed by atoms with Gasteiger partial charge in [-0.25, -0.2) is 0 Å². The summed E-state index contributed by atoms with van der Waals surface area (Å²) in [5.74, 6) is 0.768. The highest BCUT2D eigenvalue weighted by Gasteiger charge is 2.17. The van der Waals surface area contributed by atoms with Gasteiger partial charge in [0.15, 0.2) is 5.82 Å². The highest BCUT2D eigenvalue weighted by atomic mass is 79.9. The number of nitrogens with zero attached hydrogens (tertiary/aromatic N) is 2. The van der Waals surface area contributed by atoms with E-state index in [9.17, 15) is 4.79 Å². The molecule has 0 atom stereocenters. The van der Waals surface area contributed by atoms with Gasteiger partial charge < -0.3 is 9.84 Å². The van der Waals surface area contributed by atoms with Gasteiger partial charge in [-0.1, -0.05) is 17.3 Å². The standard InChI is InChI=1S/C14H10BrN3O2S/c1-8-16-14(20-18-8)12-11(6-7-21-12)17-13(19)9-4-2-3-5-10(9)15/h2-7H,1H3,(H,17,19). The largest absolute Gasteiger partial charge is 0.333 e. The minimum Gasteiger partial charge on any atom is -0.333 e. The first-order valence-corrected chi connectivity index (χ1v) is 7.76. The molecular weight excluding hydrogens is 354 g/mol. The van der Waals surface area contributed by atoms with Crippen molar-refractivity contribution in [3.05, 3.63) is 51.6 Å². The van der Waals surface area contributed by atoms with E-state index in [0.29, 0.717) is 23.0 Å². The van der Waals surface area contributed by atoms with Crippen LogP contribution in [0.15, 0.2) is 44.7 Å². The zero-order valence-electron chi connectivity index (χ0n) is 11.0. The van der Waals surface area contributed by atoms with Gasteiger partial charge in [0.25, 0.3) is 11.8 Å². The van der Waals surface area contributed by atoms with Gasteiger partial charge in [0, 0.05) is 4.47 Å². The molecule has 3 aromatic rings. The van der Waals surface area contributed by atoms with Crippen molar-refractivity contribution < 1.29 is 9.32 Å². The summed E-state index contributed by atoms with van der Waals surface area (Å²) in [5, 5.41) is 8.50. The Morgan fingerprint density at radius 3 is 2.86 bits per heavy atom. The van der Waals surface area contributed by atoms with Gasteiger partial charge in [-0.2, -0.15) is 4.98 Å². The molecule has 1 aromatic carbocycles. The van der Waals surface area contributed by atoms with E-state index in [1.807, 2.05) is 29.6 Å². The van der Waals surface area contributed by atoms with Gasteiger partial charge in [-0.05, 0) is 46.4 Å². The van der Waals surface area contributed by atoms with E-state index < -0.39 is 0 Å². The van der Waals surface area contributed by atoms with Crippen LogP contribution in [0.3, 0.4) is 0 Å². The Hall–Kier alpha value is -1.99. The van der Waals surface area contributed by atoms with Crippen LogP contribution in [0.25, 0.3) is 10.8 Å². The number of aryl methyl sites for hydroxylation is 1. The maximum atomic E-state index is 12.3. The van der Waals surface area contributed by atoms with Gasteiger partial charge >= 0.3 is 0 Å². The molecule has 0 aliphatic rings. The maximum Gasteiger partial charge on any atom is 0.270 e.